The predicted octanol–water partition coefficient (Wildman–Crippen LogP) is 0.614. The third kappa shape index (κ3) is 1.59. The van der Waals surface area contributed by atoms with Gasteiger partial charge in [-0.15, -0.1) is 0 Å². The summed E-state index contributed by atoms with van der Waals surface area (Å²) >= 11 is 6.93. The molecule has 2 rings (SSSR count). The van der Waals surface area contributed by atoms with Crippen LogP contribution in [0.15, 0.2) is 22.4 Å². The summed E-state index contributed by atoms with van der Waals surface area (Å²) < 4.78 is 0. The Hall–Kier alpha value is -1.14. The van der Waals surface area contributed by atoms with Gasteiger partial charge in [-0.3, -0.25) is 4.79 Å². The van der Waals surface area contributed by atoms with E-state index >= 15 is 0 Å². The van der Waals surface area contributed by atoms with E-state index in [9.17, 15) is 9.59 Å². The van der Waals surface area contributed by atoms with Crippen LogP contribution in [-0.4, -0.2) is 27.6 Å². The fourth-order valence-electron chi connectivity index (χ4n) is 1.51. The van der Waals surface area contributed by atoms with Crippen molar-refractivity contribution >= 4 is 34.6 Å². The van der Waals surface area contributed by atoms with Gasteiger partial charge in [-0.2, -0.15) is 0 Å². The average molecular weight is 247 g/mol. The summed E-state index contributed by atoms with van der Waals surface area (Å²) in [6.45, 7) is 0. The van der Waals surface area contributed by atoms with Crippen molar-refractivity contribution in [3.8, 4) is 0 Å². The Labute approximate surface area is 94.3 Å². The highest BCUT2D eigenvalue weighted by atomic mass is 35.5. The number of rotatable bonds is 1. The Morgan fingerprint density at radius 2 is 2.33 bits per heavy atom. The highest BCUT2D eigenvalue weighted by Crippen LogP contribution is 2.37. The molecule has 80 valence electrons. The molecule has 1 saturated heterocycles. The zero-order chi connectivity index (χ0) is 11.2. The number of hydrogen-bond acceptors (Lipinski definition) is 4. The molecule has 0 saturated carbocycles. The number of fused-ring (bicyclic) bond motifs is 1. The van der Waals surface area contributed by atoms with Crippen molar-refractivity contribution in [1.29, 1.82) is 0 Å². The lowest BCUT2D eigenvalue weighted by atomic mass is 9.99. The molecule has 15 heavy (non-hydrogen) atoms. The minimum absolute atomic E-state index is 0.0365. The topological polar surface area (TPSA) is 92.4 Å². The molecular weight excluding hydrogens is 240 g/mol. The minimum atomic E-state index is -1.14. The molecule has 2 atom stereocenters. The predicted molar refractivity (Wildman–Crippen MR) is 56.5 cm³/mol. The number of aliphatic carboxylic acids is 1. The van der Waals surface area contributed by atoms with E-state index in [0.717, 1.165) is 11.8 Å². The minimum Gasteiger partial charge on any atom is -0.478 e. The zero-order valence-corrected chi connectivity index (χ0v) is 8.93. The van der Waals surface area contributed by atoms with Crippen LogP contribution >= 0.6 is 23.4 Å². The normalized spacial score (nSPS) is 29.7. The van der Waals surface area contributed by atoms with Gasteiger partial charge < -0.3 is 16.2 Å². The number of carboxylic acid groups (broad SMARTS) is 1. The third-order valence-electron chi connectivity index (χ3n) is 2.22. The number of amides is 1. The Bertz CT molecular complexity index is 418. The summed E-state index contributed by atoms with van der Waals surface area (Å²) in [6, 6.07) is -0.381. The second-order valence-electron chi connectivity index (χ2n) is 3.14. The van der Waals surface area contributed by atoms with Crippen molar-refractivity contribution in [2.75, 3.05) is 0 Å². The zero-order valence-electron chi connectivity index (χ0n) is 7.36. The van der Waals surface area contributed by atoms with Gasteiger partial charge in [0.05, 0.1) is 27.6 Å². The highest BCUT2D eigenvalue weighted by Gasteiger charge is 2.39. The maximum atomic E-state index is 11.1. The lowest BCUT2D eigenvalue weighted by Gasteiger charge is -2.21. The summed E-state index contributed by atoms with van der Waals surface area (Å²) in [5.74, 6) is -1.14. The van der Waals surface area contributed by atoms with E-state index < -0.39 is 5.97 Å². The van der Waals surface area contributed by atoms with Crippen LogP contribution in [0.1, 0.15) is 0 Å². The molecule has 1 amide bonds. The van der Waals surface area contributed by atoms with E-state index in [2.05, 4.69) is 5.32 Å². The van der Waals surface area contributed by atoms with Crippen molar-refractivity contribution in [2.45, 2.75) is 11.3 Å². The van der Waals surface area contributed by atoms with Gasteiger partial charge in [-0.05, 0) is 6.08 Å². The molecule has 5 nitrogen and oxygen atoms in total. The van der Waals surface area contributed by atoms with E-state index in [4.69, 9.17) is 22.4 Å². The van der Waals surface area contributed by atoms with Gasteiger partial charge >= 0.3 is 5.97 Å². The molecule has 1 heterocycles. The van der Waals surface area contributed by atoms with Crippen molar-refractivity contribution in [2.24, 2.45) is 5.73 Å². The van der Waals surface area contributed by atoms with Crippen LogP contribution in [0, 0.1) is 0 Å². The van der Waals surface area contributed by atoms with Crippen LogP contribution in [0.4, 0.5) is 4.79 Å². The summed E-state index contributed by atoms with van der Waals surface area (Å²) in [5.41, 5.74) is 5.56. The van der Waals surface area contributed by atoms with Gasteiger partial charge in [0.15, 0.2) is 0 Å². The molecule has 2 unspecified atom stereocenters. The molecule has 2 aliphatic rings. The van der Waals surface area contributed by atoms with Gasteiger partial charge in [0.25, 0.3) is 5.24 Å². The first kappa shape index (κ1) is 10.4. The number of carboxylic acids is 1. The standard InChI is InChI=1S/C8H7ClN2O3S/c9-4-5(10)2(7(12)13)1-3-6(4)15-8(14)11-3/h1,3,6H,10H2,(H,11,14)(H,12,13). The summed E-state index contributed by atoms with van der Waals surface area (Å²) in [5, 5.41) is 11.2. The molecule has 1 fully saturated rings. The lowest BCUT2D eigenvalue weighted by molar-refractivity contribution is -0.132. The quantitative estimate of drug-likeness (QED) is 0.631. The Kier molecular flexibility index (Phi) is 2.40. The summed E-state index contributed by atoms with van der Waals surface area (Å²) in [4.78, 5) is 21.9. The number of halogens is 1. The Morgan fingerprint density at radius 1 is 1.67 bits per heavy atom. The van der Waals surface area contributed by atoms with E-state index in [-0.39, 0.29) is 32.8 Å². The number of carbonyl (C=O) groups excluding carboxylic acids is 1. The van der Waals surface area contributed by atoms with E-state index in [0.29, 0.717) is 0 Å². The van der Waals surface area contributed by atoms with Crippen LogP contribution in [0.5, 0.6) is 0 Å². The molecule has 0 spiro atoms. The number of hydrogen-bond donors (Lipinski definition) is 3. The van der Waals surface area contributed by atoms with Gasteiger partial charge in [0.2, 0.25) is 0 Å². The molecule has 7 heteroatoms. The molecule has 4 N–H and O–H groups in total. The molecule has 0 bridgehead atoms. The first-order valence-corrected chi connectivity index (χ1v) is 5.34. The molecule has 0 aromatic rings. The van der Waals surface area contributed by atoms with Crippen LogP contribution in [-0.2, 0) is 4.79 Å². The number of carbonyl (C=O) groups is 2. The molecule has 1 aliphatic heterocycles. The largest absolute Gasteiger partial charge is 0.478 e. The number of nitrogens with one attached hydrogen (secondary N) is 1. The van der Waals surface area contributed by atoms with Gasteiger partial charge in [0.1, 0.15) is 0 Å². The Balaban J connectivity index is 2.43. The first-order valence-electron chi connectivity index (χ1n) is 4.08. The number of nitrogens with two attached hydrogens (primary N) is 1. The average Bonchev–Trinajstić information content (AvgIpc) is 2.52. The SMILES string of the molecule is NC1=C(Cl)C2SC(=O)NC2C=C1C(=O)O. The maximum Gasteiger partial charge on any atom is 0.337 e. The fraction of sp³-hybridized carbons (Fsp3) is 0.250. The monoisotopic (exact) mass is 246 g/mol. The van der Waals surface area contributed by atoms with Gasteiger partial charge in [-0.1, -0.05) is 23.4 Å². The van der Waals surface area contributed by atoms with Gasteiger partial charge in [0, 0.05) is 0 Å². The second-order valence-corrected chi connectivity index (χ2v) is 4.66. The molecule has 0 radical (unpaired) electrons. The highest BCUT2D eigenvalue weighted by molar-refractivity contribution is 8.14. The molecule has 1 aliphatic carbocycles. The molecular formula is C8H7ClN2O3S. The van der Waals surface area contributed by atoms with Crippen molar-refractivity contribution in [3.63, 3.8) is 0 Å². The van der Waals surface area contributed by atoms with Crippen molar-refractivity contribution in [3.05, 3.63) is 22.4 Å². The van der Waals surface area contributed by atoms with Crippen LogP contribution < -0.4 is 11.1 Å². The number of thioether (sulfide) groups is 1. The fourth-order valence-corrected chi connectivity index (χ4v) is 2.84. The summed E-state index contributed by atoms with van der Waals surface area (Å²) in [7, 11) is 0. The third-order valence-corrected chi connectivity index (χ3v) is 3.90. The smallest absolute Gasteiger partial charge is 0.337 e. The van der Waals surface area contributed by atoms with E-state index in [1.54, 1.807) is 0 Å². The lowest BCUT2D eigenvalue weighted by Crippen LogP contribution is -2.35. The van der Waals surface area contributed by atoms with Crippen LogP contribution in [0.25, 0.3) is 0 Å². The van der Waals surface area contributed by atoms with Crippen molar-refractivity contribution < 1.29 is 14.7 Å². The maximum absolute atomic E-state index is 11.1. The summed E-state index contributed by atoms with van der Waals surface area (Å²) in [6.07, 6.45) is 1.42. The first-order chi connectivity index (χ1) is 7.00. The second kappa shape index (κ2) is 3.46. The molecule has 0 aromatic carbocycles. The Morgan fingerprint density at radius 3 is 2.93 bits per heavy atom. The van der Waals surface area contributed by atoms with Crippen molar-refractivity contribution in [1.82, 2.24) is 5.32 Å². The van der Waals surface area contributed by atoms with Gasteiger partial charge in [-0.25, -0.2) is 4.79 Å². The molecule has 0 aromatic heterocycles. The van der Waals surface area contributed by atoms with Crippen LogP contribution in [0.3, 0.4) is 0 Å². The van der Waals surface area contributed by atoms with E-state index in [1.165, 1.54) is 6.08 Å². The van der Waals surface area contributed by atoms with Crippen LogP contribution in [0.2, 0.25) is 0 Å². The van der Waals surface area contributed by atoms with E-state index in [1.807, 2.05) is 0 Å².